The molecule has 0 radical (unpaired) electrons. The van der Waals surface area contributed by atoms with Crippen molar-refractivity contribution >= 4 is 5.96 Å². The van der Waals surface area contributed by atoms with Crippen LogP contribution < -0.4 is 10.6 Å². The predicted octanol–water partition coefficient (Wildman–Crippen LogP) is 2.42. The zero-order valence-corrected chi connectivity index (χ0v) is 11.7. The molecule has 0 aliphatic rings. The molecular formula is C14H25N3O. The minimum Gasteiger partial charge on any atom is -0.469 e. The summed E-state index contributed by atoms with van der Waals surface area (Å²) in [6, 6.07) is 3.90. The topological polar surface area (TPSA) is 49.6 Å². The quantitative estimate of drug-likeness (QED) is 0.444. The van der Waals surface area contributed by atoms with Gasteiger partial charge >= 0.3 is 0 Å². The Balaban J connectivity index is 2.10. The van der Waals surface area contributed by atoms with E-state index in [2.05, 4.69) is 29.5 Å². The molecule has 2 N–H and O–H groups in total. The number of hydrogen-bond acceptors (Lipinski definition) is 2. The van der Waals surface area contributed by atoms with E-state index in [1.807, 2.05) is 12.1 Å². The van der Waals surface area contributed by atoms with Crippen molar-refractivity contribution in [3.8, 4) is 0 Å². The first kappa shape index (κ1) is 14.6. The van der Waals surface area contributed by atoms with Gasteiger partial charge in [0.2, 0.25) is 0 Å². The Kier molecular flexibility index (Phi) is 6.99. The smallest absolute Gasteiger partial charge is 0.190 e. The van der Waals surface area contributed by atoms with Crippen LogP contribution in [0.2, 0.25) is 0 Å². The van der Waals surface area contributed by atoms with Crippen LogP contribution in [-0.4, -0.2) is 26.1 Å². The number of aliphatic imine (C=N–C) groups is 1. The summed E-state index contributed by atoms with van der Waals surface area (Å²) in [6.07, 6.45) is 5.00. The Bertz CT molecular complexity index is 331. The van der Waals surface area contributed by atoms with Gasteiger partial charge in [-0.1, -0.05) is 13.8 Å². The molecular weight excluding hydrogens is 226 g/mol. The number of furan rings is 1. The van der Waals surface area contributed by atoms with Gasteiger partial charge in [-0.15, -0.1) is 0 Å². The molecule has 1 heterocycles. The molecule has 1 aromatic heterocycles. The van der Waals surface area contributed by atoms with Gasteiger partial charge in [-0.2, -0.15) is 0 Å². The summed E-state index contributed by atoms with van der Waals surface area (Å²) >= 11 is 0. The second-order valence-corrected chi connectivity index (χ2v) is 4.79. The first-order chi connectivity index (χ1) is 8.72. The van der Waals surface area contributed by atoms with Gasteiger partial charge in [0.05, 0.1) is 6.26 Å². The van der Waals surface area contributed by atoms with Crippen LogP contribution in [0.15, 0.2) is 27.8 Å². The second-order valence-electron chi connectivity index (χ2n) is 4.79. The molecule has 0 atom stereocenters. The van der Waals surface area contributed by atoms with Crippen molar-refractivity contribution in [2.45, 2.75) is 33.1 Å². The molecule has 0 bridgehead atoms. The van der Waals surface area contributed by atoms with Crippen molar-refractivity contribution in [1.82, 2.24) is 10.6 Å². The van der Waals surface area contributed by atoms with Crippen molar-refractivity contribution in [1.29, 1.82) is 0 Å². The molecule has 4 heteroatoms. The van der Waals surface area contributed by atoms with Crippen LogP contribution in [0, 0.1) is 5.92 Å². The molecule has 0 unspecified atom stereocenters. The van der Waals surface area contributed by atoms with E-state index in [1.54, 1.807) is 13.3 Å². The monoisotopic (exact) mass is 251 g/mol. The molecule has 0 aliphatic heterocycles. The number of guanidine groups is 1. The highest BCUT2D eigenvalue weighted by Crippen LogP contribution is 2.01. The normalized spacial score (nSPS) is 11.9. The first-order valence-electron chi connectivity index (χ1n) is 6.69. The van der Waals surface area contributed by atoms with Crippen molar-refractivity contribution in [3.05, 3.63) is 24.2 Å². The summed E-state index contributed by atoms with van der Waals surface area (Å²) in [4.78, 5) is 4.19. The number of rotatable bonds is 7. The number of nitrogens with one attached hydrogen (secondary N) is 2. The van der Waals surface area contributed by atoms with Gasteiger partial charge < -0.3 is 15.1 Å². The third-order valence-electron chi connectivity index (χ3n) is 2.72. The molecule has 0 amide bonds. The summed E-state index contributed by atoms with van der Waals surface area (Å²) in [5, 5.41) is 6.59. The van der Waals surface area contributed by atoms with Crippen molar-refractivity contribution in [2.24, 2.45) is 10.9 Å². The highest BCUT2D eigenvalue weighted by molar-refractivity contribution is 5.79. The zero-order valence-electron chi connectivity index (χ0n) is 11.7. The third-order valence-corrected chi connectivity index (χ3v) is 2.72. The largest absolute Gasteiger partial charge is 0.469 e. The van der Waals surface area contributed by atoms with Crippen LogP contribution in [-0.2, 0) is 6.42 Å². The fourth-order valence-corrected chi connectivity index (χ4v) is 1.70. The van der Waals surface area contributed by atoms with Gasteiger partial charge in [0, 0.05) is 26.6 Å². The van der Waals surface area contributed by atoms with E-state index < -0.39 is 0 Å². The number of nitrogens with zero attached hydrogens (tertiary/aromatic N) is 1. The minimum absolute atomic E-state index is 0.765. The molecule has 0 aliphatic carbocycles. The fourth-order valence-electron chi connectivity index (χ4n) is 1.70. The van der Waals surface area contributed by atoms with E-state index in [9.17, 15) is 0 Å². The molecule has 0 aromatic carbocycles. The summed E-state index contributed by atoms with van der Waals surface area (Å²) in [5.74, 6) is 2.63. The Hall–Kier alpha value is -1.45. The average Bonchev–Trinajstić information content (AvgIpc) is 2.85. The zero-order chi connectivity index (χ0) is 13.2. The maximum absolute atomic E-state index is 5.27. The summed E-state index contributed by atoms with van der Waals surface area (Å²) < 4.78 is 5.27. The van der Waals surface area contributed by atoms with Crippen molar-refractivity contribution in [3.63, 3.8) is 0 Å². The predicted molar refractivity (Wildman–Crippen MR) is 75.8 cm³/mol. The van der Waals surface area contributed by atoms with Crippen LogP contribution in [0.4, 0.5) is 0 Å². The molecule has 1 rings (SSSR count). The molecule has 1 aromatic rings. The lowest BCUT2D eigenvalue weighted by molar-refractivity contribution is 0.506. The van der Waals surface area contributed by atoms with E-state index in [-0.39, 0.29) is 0 Å². The highest BCUT2D eigenvalue weighted by atomic mass is 16.3. The maximum Gasteiger partial charge on any atom is 0.190 e. The Morgan fingerprint density at radius 2 is 2.11 bits per heavy atom. The lowest BCUT2D eigenvalue weighted by Gasteiger charge is -2.11. The summed E-state index contributed by atoms with van der Waals surface area (Å²) in [6.45, 7) is 6.29. The van der Waals surface area contributed by atoms with Crippen LogP contribution in [0.3, 0.4) is 0 Å². The van der Waals surface area contributed by atoms with E-state index in [0.717, 1.165) is 37.1 Å². The molecule has 0 saturated heterocycles. The highest BCUT2D eigenvalue weighted by Gasteiger charge is 1.99. The Morgan fingerprint density at radius 1 is 1.33 bits per heavy atom. The molecule has 0 saturated carbocycles. The lowest BCUT2D eigenvalue weighted by Crippen LogP contribution is -2.38. The van der Waals surface area contributed by atoms with Crippen molar-refractivity contribution < 1.29 is 4.42 Å². The third kappa shape index (κ3) is 6.33. The Labute approximate surface area is 110 Å². The first-order valence-corrected chi connectivity index (χ1v) is 6.69. The fraction of sp³-hybridized carbons (Fsp3) is 0.643. The molecule has 0 spiro atoms. The van der Waals surface area contributed by atoms with Crippen LogP contribution in [0.25, 0.3) is 0 Å². The van der Waals surface area contributed by atoms with Gasteiger partial charge in [0.25, 0.3) is 0 Å². The Morgan fingerprint density at radius 3 is 2.72 bits per heavy atom. The van der Waals surface area contributed by atoms with Gasteiger partial charge in [0.1, 0.15) is 5.76 Å². The second kappa shape index (κ2) is 8.61. The average molecular weight is 251 g/mol. The molecule has 0 fully saturated rings. The van der Waals surface area contributed by atoms with Gasteiger partial charge in [-0.05, 0) is 30.9 Å². The lowest BCUT2D eigenvalue weighted by atomic mass is 10.1. The standard InChI is InChI=1S/C14H25N3O/c1-12(2)6-4-9-16-14(15-3)17-10-8-13-7-5-11-18-13/h5,7,11-12H,4,6,8-10H2,1-3H3,(H2,15,16,17). The van der Waals surface area contributed by atoms with Gasteiger partial charge in [-0.25, -0.2) is 0 Å². The van der Waals surface area contributed by atoms with E-state index in [1.165, 1.54) is 12.8 Å². The molecule has 4 nitrogen and oxygen atoms in total. The van der Waals surface area contributed by atoms with E-state index in [4.69, 9.17) is 4.42 Å². The van der Waals surface area contributed by atoms with Gasteiger partial charge in [-0.3, -0.25) is 4.99 Å². The van der Waals surface area contributed by atoms with Crippen LogP contribution in [0.1, 0.15) is 32.4 Å². The summed E-state index contributed by atoms with van der Waals surface area (Å²) in [5.41, 5.74) is 0. The van der Waals surface area contributed by atoms with Crippen molar-refractivity contribution in [2.75, 3.05) is 20.1 Å². The minimum atomic E-state index is 0.765. The maximum atomic E-state index is 5.27. The summed E-state index contributed by atoms with van der Waals surface area (Å²) in [7, 11) is 1.80. The van der Waals surface area contributed by atoms with E-state index in [0.29, 0.717) is 0 Å². The van der Waals surface area contributed by atoms with Gasteiger partial charge in [0.15, 0.2) is 5.96 Å². The van der Waals surface area contributed by atoms with E-state index >= 15 is 0 Å². The number of hydrogen-bond donors (Lipinski definition) is 2. The molecule has 18 heavy (non-hydrogen) atoms. The van der Waals surface area contributed by atoms with Crippen LogP contribution >= 0.6 is 0 Å². The SMILES string of the molecule is CN=C(NCCCC(C)C)NCCc1ccco1. The molecule has 102 valence electrons. The van der Waals surface area contributed by atoms with Crippen LogP contribution in [0.5, 0.6) is 0 Å².